The topological polar surface area (TPSA) is 46.0 Å². The van der Waals surface area contributed by atoms with E-state index in [2.05, 4.69) is 20.2 Å². The van der Waals surface area contributed by atoms with Crippen molar-refractivity contribution >= 4 is 17.3 Å². The van der Waals surface area contributed by atoms with E-state index in [1.165, 1.54) is 12.1 Å². The van der Waals surface area contributed by atoms with E-state index in [0.29, 0.717) is 17.3 Å². The number of thiocarbonyl (C=S) groups is 1. The third-order valence-corrected chi connectivity index (χ3v) is 6.83. The van der Waals surface area contributed by atoms with Crippen LogP contribution in [0.1, 0.15) is 46.0 Å². The molecule has 1 aliphatic rings. The van der Waals surface area contributed by atoms with Crippen LogP contribution in [-0.4, -0.2) is 24.5 Å². The van der Waals surface area contributed by atoms with E-state index < -0.39 is 11.7 Å². The Hall–Kier alpha value is -3.72. The van der Waals surface area contributed by atoms with Crippen molar-refractivity contribution < 1.29 is 13.2 Å². The van der Waals surface area contributed by atoms with E-state index >= 15 is 0 Å². The lowest BCUT2D eigenvalue weighted by Gasteiger charge is -2.28. The summed E-state index contributed by atoms with van der Waals surface area (Å²) in [6, 6.07) is 18.4. The fourth-order valence-electron chi connectivity index (χ4n) is 4.89. The Bertz CT molecular complexity index is 1390. The highest BCUT2D eigenvalue weighted by Crippen LogP contribution is 2.42. The molecular formula is C27H24F3N5S. The van der Waals surface area contributed by atoms with Gasteiger partial charge in [0.05, 0.1) is 35.6 Å². The van der Waals surface area contributed by atoms with Crippen molar-refractivity contribution in [2.75, 3.05) is 0 Å². The number of rotatable bonds is 5. The van der Waals surface area contributed by atoms with Crippen LogP contribution < -0.4 is 5.32 Å². The first kappa shape index (κ1) is 24.0. The Labute approximate surface area is 212 Å². The van der Waals surface area contributed by atoms with E-state index in [0.717, 1.165) is 34.4 Å². The van der Waals surface area contributed by atoms with Gasteiger partial charge >= 0.3 is 6.18 Å². The zero-order chi connectivity index (χ0) is 25.4. The first-order valence-electron chi connectivity index (χ1n) is 11.5. The quantitative estimate of drug-likeness (QED) is 0.332. The van der Waals surface area contributed by atoms with Gasteiger partial charge in [-0.25, -0.2) is 0 Å². The van der Waals surface area contributed by atoms with Gasteiger partial charge in [-0.2, -0.15) is 13.2 Å². The zero-order valence-corrected chi connectivity index (χ0v) is 20.5. The molecule has 2 atom stereocenters. The highest BCUT2D eigenvalue weighted by molar-refractivity contribution is 7.80. The van der Waals surface area contributed by atoms with Crippen LogP contribution in [0.15, 0.2) is 79.1 Å². The number of benzene rings is 1. The third kappa shape index (κ3) is 4.46. The summed E-state index contributed by atoms with van der Waals surface area (Å²) >= 11 is 5.76. The molecule has 0 radical (unpaired) electrons. The summed E-state index contributed by atoms with van der Waals surface area (Å²) in [6.07, 6.45) is -0.935. The number of aromatic nitrogens is 3. The van der Waals surface area contributed by atoms with Gasteiger partial charge in [0.1, 0.15) is 0 Å². The number of nitrogens with zero attached hydrogens (tertiary/aromatic N) is 4. The molecule has 36 heavy (non-hydrogen) atoms. The van der Waals surface area contributed by atoms with Crippen molar-refractivity contribution in [1.29, 1.82) is 0 Å². The zero-order valence-electron chi connectivity index (χ0n) is 19.7. The third-order valence-electron chi connectivity index (χ3n) is 6.48. The second-order valence-corrected chi connectivity index (χ2v) is 9.17. The number of aryl methyl sites for hydroxylation is 1. The van der Waals surface area contributed by atoms with Gasteiger partial charge in [-0.05, 0) is 80.2 Å². The number of hydrogen-bond acceptors (Lipinski definition) is 3. The normalized spacial score (nSPS) is 17.9. The molecule has 0 unspecified atom stereocenters. The maximum atomic E-state index is 13.4. The summed E-state index contributed by atoms with van der Waals surface area (Å²) in [5.41, 5.74) is 4.11. The van der Waals surface area contributed by atoms with Gasteiger partial charge in [0.2, 0.25) is 0 Å². The standard InChI is InChI=1S/C27H24F3N5S/c1-17-14-22(18(2)35(17)21-10-7-8-19(15-21)27(28,29)30)25-24(23-11-4-6-13-32-23)33-26(36)34(25)16-20-9-3-5-12-31-20/h3-15,24-25H,16H2,1-2H3,(H,33,36)/t24-,25+/m1/s1. The molecule has 4 heterocycles. The summed E-state index contributed by atoms with van der Waals surface area (Å²) in [5, 5.41) is 4.00. The number of alkyl halides is 3. The Balaban J connectivity index is 1.62. The van der Waals surface area contributed by atoms with Crippen molar-refractivity contribution in [2.45, 2.75) is 38.7 Å². The molecule has 1 saturated heterocycles. The average molecular weight is 508 g/mol. The molecule has 4 aromatic rings. The fraction of sp³-hybridized carbons (Fsp3) is 0.222. The highest BCUT2D eigenvalue weighted by atomic mass is 32.1. The molecule has 0 spiro atoms. The average Bonchev–Trinajstić information content (AvgIpc) is 3.34. The van der Waals surface area contributed by atoms with Gasteiger partial charge in [-0.15, -0.1) is 0 Å². The van der Waals surface area contributed by atoms with Crippen molar-refractivity contribution in [3.8, 4) is 5.69 Å². The Morgan fingerprint density at radius 1 is 0.944 bits per heavy atom. The molecule has 0 aliphatic carbocycles. The molecule has 3 aromatic heterocycles. The van der Waals surface area contributed by atoms with Crippen molar-refractivity contribution in [1.82, 2.24) is 24.8 Å². The van der Waals surface area contributed by atoms with Crippen molar-refractivity contribution in [2.24, 2.45) is 0 Å². The minimum atomic E-state index is -4.42. The molecular weight excluding hydrogens is 483 g/mol. The van der Waals surface area contributed by atoms with Crippen LogP contribution in [0.2, 0.25) is 0 Å². The second kappa shape index (κ2) is 9.39. The predicted molar refractivity (Wildman–Crippen MR) is 135 cm³/mol. The van der Waals surface area contributed by atoms with Gasteiger partial charge in [0.25, 0.3) is 0 Å². The summed E-state index contributed by atoms with van der Waals surface area (Å²) in [5.74, 6) is 0. The number of pyridine rings is 2. The first-order chi connectivity index (χ1) is 17.2. The molecule has 1 N–H and O–H groups in total. The van der Waals surface area contributed by atoms with Crippen LogP contribution >= 0.6 is 12.2 Å². The summed E-state index contributed by atoms with van der Waals surface area (Å²) in [4.78, 5) is 11.1. The van der Waals surface area contributed by atoms with Crippen molar-refractivity contribution in [3.05, 3.63) is 113 Å². The van der Waals surface area contributed by atoms with Crippen LogP contribution in [-0.2, 0) is 12.7 Å². The largest absolute Gasteiger partial charge is 0.416 e. The maximum Gasteiger partial charge on any atom is 0.416 e. The molecule has 184 valence electrons. The molecule has 1 aliphatic heterocycles. The van der Waals surface area contributed by atoms with Gasteiger partial charge in [0, 0.05) is 29.5 Å². The van der Waals surface area contributed by atoms with E-state index in [9.17, 15) is 13.2 Å². The molecule has 1 fully saturated rings. The highest BCUT2D eigenvalue weighted by Gasteiger charge is 2.41. The Morgan fingerprint density at radius 3 is 2.36 bits per heavy atom. The van der Waals surface area contributed by atoms with Gasteiger partial charge in [-0.3, -0.25) is 9.97 Å². The SMILES string of the molecule is Cc1cc([C@H]2[C@@H](c3ccccn3)NC(=S)N2Cc2ccccn2)c(C)n1-c1cccc(C(F)(F)F)c1. The summed E-state index contributed by atoms with van der Waals surface area (Å²) < 4.78 is 42.1. The molecule has 9 heteroatoms. The van der Waals surface area contributed by atoms with Gasteiger partial charge in [0.15, 0.2) is 5.11 Å². The molecule has 0 bridgehead atoms. The van der Waals surface area contributed by atoms with E-state index in [1.807, 2.05) is 60.9 Å². The minimum Gasteiger partial charge on any atom is -0.352 e. The van der Waals surface area contributed by atoms with E-state index in [1.54, 1.807) is 18.5 Å². The summed E-state index contributed by atoms with van der Waals surface area (Å²) in [6.45, 7) is 4.31. The van der Waals surface area contributed by atoms with E-state index in [4.69, 9.17) is 12.2 Å². The monoisotopic (exact) mass is 507 g/mol. The van der Waals surface area contributed by atoms with Crippen LogP contribution in [0.4, 0.5) is 13.2 Å². The van der Waals surface area contributed by atoms with Crippen LogP contribution in [0.3, 0.4) is 0 Å². The lowest BCUT2D eigenvalue weighted by molar-refractivity contribution is -0.137. The number of nitrogens with one attached hydrogen (secondary N) is 1. The predicted octanol–water partition coefficient (Wildman–Crippen LogP) is 6.08. The summed E-state index contributed by atoms with van der Waals surface area (Å²) in [7, 11) is 0. The lowest BCUT2D eigenvalue weighted by atomic mass is 9.96. The second-order valence-electron chi connectivity index (χ2n) is 8.79. The number of halogens is 3. The van der Waals surface area contributed by atoms with Crippen LogP contribution in [0, 0.1) is 13.8 Å². The smallest absolute Gasteiger partial charge is 0.352 e. The lowest BCUT2D eigenvalue weighted by Crippen LogP contribution is -2.29. The van der Waals surface area contributed by atoms with Crippen LogP contribution in [0.5, 0.6) is 0 Å². The number of hydrogen-bond donors (Lipinski definition) is 1. The van der Waals surface area contributed by atoms with Gasteiger partial charge < -0.3 is 14.8 Å². The fourth-order valence-corrected chi connectivity index (χ4v) is 5.19. The Morgan fingerprint density at radius 2 is 1.69 bits per heavy atom. The molecule has 5 rings (SSSR count). The molecule has 0 amide bonds. The maximum absolute atomic E-state index is 13.4. The molecule has 5 nitrogen and oxygen atoms in total. The Kier molecular flexibility index (Phi) is 6.26. The van der Waals surface area contributed by atoms with E-state index in [-0.39, 0.29) is 12.1 Å². The van der Waals surface area contributed by atoms with Crippen molar-refractivity contribution in [3.63, 3.8) is 0 Å². The molecule has 0 saturated carbocycles. The van der Waals surface area contributed by atoms with Gasteiger partial charge in [-0.1, -0.05) is 18.2 Å². The molecule has 1 aromatic carbocycles. The minimum absolute atomic E-state index is 0.236. The van der Waals surface area contributed by atoms with Crippen LogP contribution in [0.25, 0.3) is 5.69 Å². The first-order valence-corrected chi connectivity index (χ1v) is 11.9.